The van der Waals surface area contributed by atoms with Gasteiger partial charge in [0, 0.05) is 12.3 Å². The second-order valence-corrected chi connectivity index (χ2v) is 3.17. The minimum absolute atomic E-state index is 0.211. The van der Waals surface area contributed by atoms with Crippen LogP contribution in [0.25, 0.3) is 0 Å². The van der Waals surface area contributed by atoms with E-state index in [0.29, 0.717) is 6.42 Å². The lowest BCUT2D eigenvalue weighted by Crippen LogP contribution is -1.96. The first-order valence-corrected chi connectivity index (χ1v) is 3.93. The third-order valence-corrected chi connectivity index (χ3v) is 2.04. The van der Waals surface area contributed by atoms with Gasteiger partial charge in [0.25, 0.3) is 0 Å². The molecule has 0 atom stereocenters. The molecule has 0 spiro atoms. The van der Waals surface area contributed by atoms with Crippen molar-refractivity contribution >= 4 is 22.6 Å². The highest BCUT2D eigenvalue weighted by Crippen LogP contribution is 2.13. The van der Waals surface area contributed by atoms with Crippen LogP contribution in [0.4, 0.5) is 0 Å². The normalized spacial score (nSPS) is 17.7. The number of rotatable bonds is 2. The van der Waals surface area contributed by atoms with Crippen molar-refractivity contribution in [3.63, 3.8) is 0 Å². The summed E-state index contributed by atoms with van der Waals surface area (Å²) in [5.74, 6) is 1.27. The highest BCUT2D eigenvalue weighted by atomic mass is 32.2. The number of carbonyl (C=O) groups is 1. The van der Waals surface area contributed by atoms with Gasteiger partial charge in [0.2, 0.25) is 0 Å². The van der Waals surface area contributed by atoms with Crippen molar-refractivity contribution in [3.8, 4) is 0 Å². The lowest BCUT2D eigenvalue weighted by molar-refractivity contribution is -0.115. The zero-order valence-electron chi connectivity index (χ0n) is 5.39. The van der Waals surface area contributed by atoms with Crippen LogP contribution in [-0.4, -0.2) is 23.1 Å². The van der Waals surface area contributed by atoms with E-state index in [0.717, 1.165) is 17.3 Å². The Morgan fingerprint density at radius 2 is 2.67 bits per heavy atom. The summed E-state index contributed by atoms with van der Waals surface area (Å²) in [7, 11) is 0. The molecule has 0 aromatic carbocycles. The molecule has 50 valence electrons. The van der Waals surface area contributed by atoms with Gasteiger partial charge in [-0.3, -0.25) is 9.79 Å². The molecule has 0 aliphatic carbocycles. The van der Waals surface area contributed by atoms with Crippen LogP contribution in [0.2, 0.25) is 0 Å². The van der Waals surface area contributed by atoms with Crippen molar-refractivity contribution in [3.05, 3.63) is 0 Å². The maximum absolute atomic E-state index is 10.5. The number of hydrogen-bond acceptors (Lipinski definition) is 3. The first kappa shape index (κ1) is 6.81. The average molecular weight is 143 g/mol. The molecule has 3 heteroatoms. The van der Waals surface area contributed by atoms with Crippen LogP contribution in [-0.2, 0) is 4.79 Å². The fraction of sp³-hybridized carbons (Fsp3) is 0.667. The Morgan fingerprint density at radius 3 is 3.11 bits per heavy atom. The maximum Gasteiger partial charge on any atom is 0.136 e. The molecule has 0 N–H and O–H groups in total. The van der Waals surface area contributed by atoms with E-state index >= 15 is 0 Å². The van der Waals surface area contributed by atoms with E-state index in [-0.39, 0.29) is 5.78 Å². The second kappa shape index (κ2) is 3.01. The summed E-state index contributed by atoms with van der Waals surface area (Å²) in [5, 5.41) is 1.02. The molecule has 2 nitrogen and oxygen atoms in total. The molecule has 0 fully saturated rings. The fourth-order valence-corrected chi connectivity index (χ4v) is 1.61. The number of Topliss-reactive ketones (excluding diaryl/α,β-unsaturated/α-hetero) is 1. The van der Waals surface area contributed by atoms with E-state index in [1.165, 1.54) is 0 Å². The maximum atomic E-state index is 10.5. The molecule has 9 heavy (non-hydrogen) atoms. The van der Waals surface area contributed by atoms with Crippen molar-refractivity contribution in [2.24, 2.45) is 4.99 Å². The number of hydrogen-bond donors (Lipinski definition) is 0. The molecular weight excluding hydrogens is 134 g/mol. The predicted octanol–water partition coefficient (Wildman–Crippen LogP) is 1.11. The van der Waals surface area contributed by atoms with Crippen molar-refractivity contribution in [1.82, 2.24) is 0 Å². The van der Waals surface area contributed by atoms with E-state index in [2.05, 4.69) is 4.99 Å². The van der Waals surface area contributed by atoms with Gasteiger partial charge < -0.3 is 0 Å². The van der Waals surface area contributed by atoms with Crippen LogP contribution in [0.5, 0.6) is 0 Å². The average Bonchev–Trinajstić information content (AvgIpc) is 2.15. The smallest absolute Gasteiger partial charge is 0.136 e. The molecule has 0 aromatic rings. The summed E-state index contributed by atoms with van der Waals surface area (Å²) < 4.78 is 0. The Kier molecular flexibility index (Phi) is 2.28. The Balaban J connectivity index is 2.35. The molecule has 0 radical (unpaired) electrons. The largest absolute Gasteiger partial charge is 0.300 e. The Hall–Kier alpha value is -0.310. The highest BCUT2D eigenvalue weighted by molar-refractivity contribution is 8.14. The molecule has 1 rings (SSSR count). The van der Waals surface area contributed by atoms with E-state index in [1.54, 1.807) is 18.7 Å². The van der Waals surface area contributed by atoms with Gasteiger partial charge in [0.05, 0.1) is 11.5 Å². The lowest BCUT2D eigenvalue weighted by atomic mass is 10.3. The van der Waals surface area contributed by atoms with Crippen molar-refractivity contribution in [2.75, 3.05) is 12.3 Å². The minimum atomic E-state index is 0.211. The number of aliphatic imine (C=N–C) groups is 1. The van der Waals surface area contributed by atoms with Gasteiger partial charge in [-0.2, -0.15) is 0 Å². The highest BCUT2D eigenvalue weighted by Gasteiger charge is 2.07. The molecule has 0 saturated carbocycles. The molecular formula is C6H9NOS. The van der Waals surface area contributed by atoms with Gasteiger partial charge >= 0.3 is 0 Å². The second-order valence-electron chi connectivity index (χ2n) is 2.00. The third-order valence-electron chi connectivity index (χ3n) is 1.05. The van der Waals surface area contributed by atoms with Crippen molar-refractivity contribution in [1.29, 1.82) is 0 Å². The van der Waals surface area contributed by atoms with Crippen LogP contribution in [0, 0.1) is 0 Å². The standard InChI is InChI=1S/C6H9NOS/c1-5(8)4-6-7-2-3-9-6/h2-4H2,1H3. The first-order valence-electron chi connectivity index (χ1n) is 2.94. The fourth-order valence-electron chi connectivity index (χ4n) is 0.699. The summed E-state index contributed by atoms with van der Waals surface area (Å²) in [6.07, 6.45) is 0.546. The first-order chi connectivity index (χ1) is 4.29. The number of thioether (sulfide) groups is 1. The van der Waals surface area contributed by atoms with Crippen LogP contribution < -0.4 is 0 Å². The van der Waals surface area contributed by atoms with Gasteiger partial charge in [-0.05, 0) is 6.92 Å². The topological polar surface area (TPSA) is 29.4 Å². The van der Waals surface area contributed by atoms with Crippen LogP contribution in [0.3, 0.4) is 0 Å². The molecule has 0 unspecified atom stereocenters. The van der Waals surface area contributed by atoms with Gasteiger partial charge in [-0.25, -0.2) is 0 Å². The lowest BCUT2D eigenvalue weighted by Gasteiger charge is -1.90. The van der Waals surface area contributed by atoms with Gasteiger partial charge in [-0.15, -0.1) is 11.8 Å². The molecule has 1 aliphatic rings. The van der Waals surface area contributed by atoms with E-state index in [1.807, 2.05) is 0 Å². The minimum Gasteiger partial charge on any atom is -0.300 e. The van der Waals surface area contributed by atoms with Gasteiger partial charge in [0.15, 0.2) is 0 Å². The summed E-state index contributed by atoms with van der Waals surface area (Å²) in [6.45, 7) is 2.49. The van der Waals surface area contributed by atoms with Crippen LogP contribution in [0.1, 0.15) is 13.3 Å². The monoisotopic (exact) mass is 143 g/mol. The molecule has 0 saturated heterocycles. The number of carbonyl (C=O) groups excluding carboxylic acids is 1. The van der Waals surface area contributed by atoms with E-state index in [9.17, 15) is 4.79 Å². The summed E-state index contributed by atoms with van der Waals surface area (Å²) >= 11 is 1.70. The molecule has 0 amide bonds. The number of ketones is 1. The summed E-state index contributed by atoms with van der Waals surface area (Å²) in [4.78, 5) is 14.6. The van der Waals surface area contributed by atoms with Crippen molar-refractivity contribution < 1.29 is 4.79 Å². The summed E-state index contributed by atoms with van der Waals surface area (Å²) in [5.41, 5.74) is 0. The molecule has 0 bridgehead atoms. The molecule has 1 heterocycles. The Bertz CT molecular complexity index is 153. The van der Waals surface area contributed by atoms with Gasteiger partial charge in [0.1, 0.15) is 5.78 Å². The van der Waals surface area contributed by atoms with E-state index < -0.39 is 0 Å². The summed E-state index contributed by atoms with van der Waals surface area (Å²) in [6, 6.07) is 0. The van der Waals surface area contributed by atoms with Crippen LogP contribution in [0.15, 0.2) is 4.99 Å². The van der Waals surface area contributed by atoms with Crippen molar-refractivity contribution in [2.45, 2.75) is 13.3 Å². The molecule has 0 aromatic heterocycles. The molecule has 1 aliphatic heterocycles. The SMILES string of the molecule is CC(=O)CC1=NCCS1. The Labute approximate surface area is 58.7 Å². The predicted molar refractivity (Wildman–Crippen MR) is 40.1 cm³/mol. The van der Waals surface area contributed by atoms with Gasteiger partial charge in [-0.1, -0.05) is 0 Å². The quantitative estimate of drug-likeness (QED) is 0.579. The zero-order chi connectivity index (χ0) is 6.69. The third kappa shape index (κ3) is 2.18. The Morgan fingerprint density at radius 1 is 1.89 bits per heavy atom. The van der Waals surface area contributed by atoms with Crippen LogP contribution >= 0.6 is 11.8 Å². The zero-order valence-corrected chi connectivity index (χ0v) is 6.20. The van der Waals surface area contributed by atoms with E-state index in [4.69, 9.17) is 0 Å². The number of nitrogens with zero attached hydrogens (tertiary/aromatic N) is 1.